The zero-order chi connectivity index (χ0) is 14.7. The molecule has 0 bridgehead atoms. The number of carbonyl (C=O) groups excluding carboxylic acids is 1. The Kier molecular flexibility index (Phi) is 4.08. The largest absolute Gasteiger partial charge is 0.337 e. The molecule has 114 valence electrons. The summed E-state index contributed by atoms with van der Waals surface area (Å²) >= 11 is 0. The molecule has 2 heterocycles. The summed E-state index contributed by atoms with van der Waals surface area (Å²) in [6.45, 7) is 1.32. The second-order valence-electron chi connectivity index (χ2n) is 6.30. The van der Waals surface area contributed by atoms with Gasteiger partial charge >= 0.3 is 0 Å². The van der Waals surface area contributed by atoms with Gasteiger partial charge < -0.3 is 4.90 Å². The van der Waals surface area contributed by atoms with Crippen molar-refractivity contribution in [1.82, 2.24) is 14.5 Å². The predicted molar refractivity (Wildman–Crippen MR) is 79.9 cm³/mol. The van der Waals surface area contributed by atoms with E-state index in [4.69, 9.17) is 0 Å². The number of hydrogen-bond donors (Lipinski definition) is 0. The van der Waals surface area contributed by atoms with Crippen LogP contribution in [-0.2, 0) is 11.3 Å². The minimum absolute atomic E-state index is 0.0911. The van der Waals surface area contributed by atoms with Gasteiger partial charge in [0.1, 0.15) is 0 Å². The van der Waals surface area contributed by atoms with E-state index in [0.29, 0.717) is 13.0 Å². The van der Waals surface area contributed by atoms with Gasteiger partial charge in [0.15, 0.2) is 0 Å². The lowest BCUT2D eigenvalue weighted by atomic mass is 9.79. The van der Waals surface area contributed by atoms with Gasteiger partial charge in [-0.3, -0.25) is 14.2 Å². The highest BCUT2D eigenvalue weighted by molar-refractivity contribution is 5.77. The van der Waals surface area contributed by atoms with Gasteiger partial charge in [0.05, 0.1) is 6.33 Å². The molecule has 3 rings (SSSR count). The fraction of sp³-hybridized carbons (Fsp3) is 0.688. The van der Waals surface area contributed by atoms with Gasteiger partial charge in [0, 0.05) is 37.3 Å². The summed E-state index contributed by atoms with van der Waals surface area (Å²) in [4.78, 5) is 30.3. The van der Waals surface area contributed by atoms with Gasteiger partial charge in [-0.2, -0.15) is 0 Å². The van der Waals surface area contributed by atoms with Crippen LogP contribution in [0.2, 0.25) is 0 Å². The number of likely N-dealkylation sites (tertiary alicyclic amines) is 1. The fourth-order valence-corrected chi connectivity index (χ4v) is 3.95. The van der Waals surface area contributed by atoms with Crippen LogP contribution in [0.5, 0.6) is 0 Å². The quantitative estimate of drug-likeness (QED) is 0.854. The highest BCUT2D eigenvalue weighted by Crippen LogP contribution is 2.41. The van der Waals surface area contributed by atoms with Crippen molar-refractivity contribution in [2.45, 2.75) is 63.5 Å². The predicted octanol–water partition coefficient (Wildman–Crippen LogP) is 1.96. The molecule has 1 spiro atoms. The maximum absolute atomic E-state index is 12.6. The zero-order valence-corrected chi connectivity index (χ0v) is 12.5. The van der Waals surface area contributed by atoms with Crippen molar-refractivity contribution in [3.05, 3.63) is 28.9 Å². The van der Waals surface area contributed by atoms with E-state index in [0.717, 1.165) is 32.2 Å². The summed E-state index contributed by atoms with van der Waals surface area (Å²) in [5.74, 6) is 0.199. The molecule has 1 aliphatic carbocycles. The van der Waals surface area contributed by atoms with E-state index in [1.807, 2.05) is 0 Å². The Bertz CT molecular complexity index is 561. The second kappa shape index (κ2) is 6.00. The van der Waals surface area contributed by atoms with E-state index in [-0.39, 0.29) is 17.0 Å². The Balaban J connectivity index is 1.65. The lowest BCUT2D eigenvalue weighted by Crippen LogP contribution is -2.48. The van der Waals surface area contributed by atoms with Gasteiger partial charge in [-0.05, 0) is 25.7 Å². The molecule has 0 radical (unpaired) electrons. The van der Waals surface area contributed by atoms with E-state index < -0.39 is 0 Å². The first-order valence-electron chi connectivity index (χ1n) is 8.02. The third kappa shape index (κ3) is 2.87. The zero-order valence-electron chi connectivity index (χ0n) is 12.5. The minimum Gasteiger partial charge on any atom is -0.337 e. The summed E-state index contributed by atoms with van der Waals surface area (Å²) in [5.41, 5.74) is 0.0430. The highest BCUT2D eigenvalue weighted by atomic mass is 16.2. The molecule has 21 heavy (non-hydrogen) atoms. The Morgan fingerprint density at radius 1 is 1.19 bits per heavy atom. The highest BCUT2D eigenvalue weighted by Gasteiger charge is 2.43. The maximum atomic E-state index is 12.6. The van der Waals surface area contributed by atoms with Crippen molar-refractivity contribution in [1.29, 1.82) is 0 Å². The number of rotatable bonds is 3. The molecule has 0 atom stereocenters. The van der Waals surface area contributed by atoms with Crippen LogP contribution in [-0.4, -0.2) is 32.4 Å². The molecule has 1 saturated heterocycles. The average molecular weight is 289 g/mol. The first-order chi connectivity index (χ1) is 10.2. The lowest BCUT2D eigenvalue weighted by molar-refractivity contribution is -0.136. The molecule has 5 heteroatoms. The molecule has 2 aliphatic rings. The smallest absolute Gasteiger partial charge is 0.253 e. The fourth-order valence-electron chi connectivity index (χ4n) is 3.95. The number of aryl methyl sites for hydroxylation is 1. The molecular weight excluding hydrogens is 266 g/mol. The van der Waals surface area contributed by atoms with Crippen molar-refractivity contribution in [3.8, 4) is 0 Å². The van der Waals surface area contributed by atoms with E-state index >= 15 is 0 Å². The first kappa shape index (κ1) is 14.3. The third-order valence-corrected chi connectivity index (χ3v) is 5.04. The molecule has 0 N–H and O–H groups in total. The van der Waals surface area contributed by atoms with E-state index in [2.05, 4.69) is 9.88 Å². The first-order valence-corrected chi connectivity index (χ1v) is 8.02. The molecule has 1 aliphatic heterocycles. The SMILES string of the molecule is O=C(CCn1cnccc1=O)N1CCCC12CCCCC2. The molecule has 1 aromatic heterocycles. The molecule has 1 amide bonds. The third-order valence-electron chi connectivity index (χ3n) is 5.04. The summed E-state index contributed by atoms with van der Waals surface area (Å²) < 4.78 is 1.52. The van der Waals surface area contributed by atoms with Crippen molar-refractivity contribution >= 4 is 5.91 Å². The second-order valence-corrected chi connectivity index (χ2v) is 6.30. The van der Waals surface area contributed by atoms with Crippen LogP contribution in [0.15, 0.2) is 23.4 Å². The topological polar surface area (TPSA) is 55.2 Å². The molecular formula is C16H23N3O2. The molecule has 0 unspecified atom stereocenters. The standard InChI is InChI=1S/C16H23N3O2/c20-14-5-10-17-13-18(14)12-6-15(21)19-11-4-9-16(19)7-2-1-3-8-16/h5,10,13H,1-4,6-9,11-12H2. The van der Waals surface area contributed by atoms with Crippen LogP contribution < -0.4 is 5.56 Å². The summed E-state index contributed by atoms with van der Waals surface area (Å²) in [5, 5.41) is 0. The number of hydrogen-bond acceptors (Lipinski definition) is 3. The molecule has 1 aromatic rings. The van der Waals surface area contributed by atoms with E-state index in [9.17, 15) is 9.59 Å². The summed E-state index contributed by atoms with van der Waals surface area (Å²) in [6, 6.07) is 1.43. The van der Waals surface area contributed by atoms with Crippen LogP contribution >= 0.6 is 0 Å². The molecule has 0 aromatic carbocycles. The number of carbonyl (C=O) groups is 1. The van der Waals surface area contributed by atoms with Crippen LogP contribution in [0, 0.1) is 0 Å². The van der Waals surface area contributed by atoms with Crippen molar-refractivity contribution < 1.29 is 4.79 Å². The summed E-state index contributed by atoms with van der Waals surface area (Å²) in [6.07, 6.45) is 11.8. The molecule has 5 nitrogen and oxygen atoms in total. The van der Waals surface area contributed by atoms with Crippen LogP contribution in [0.25, 0.3) is 0 Å². The number of aromatic nitrogens is 2. The average Bonchev–Trinajstić information content (AvgIpc) is 2.90. The Morgan fingerprint density at radius 3 is 2.71 bits per heavy atom. The van der Waals surface area contributed by atoms with Crippen molar-refractivity contribution in [2.75, 3.05) is 6.54 Å². The van der Waals surface area contributed by atoms with Crippen molar-refractivity contribution in [2.24, 2.45) is 0 Å². The Labute approximate surface area is 125 Å². The summed E-state index contributed by atoms with van der Waals surface area (Å²) in [7, 11) is 0. The number of nitrogens with zero attached hydrogens (tertiary/aromatic N) is 3. The van der Waals surface area contributed by atoms with Gasteiger partial charge in [0.2, 0.25) is 5.91 Å². The van der Waals surface area contributed by atoms with Crippen LogP contribution in [0.4, 0.5) is 0 Å². The molecule has 2 fully saturated rings. The minimum atomic E-state index is -0.0911. The Morgan fingerprint density at radius 2 is 1.95 bits per heavy atom. The van der Waals surface area contributed by atoms with Crippen LogP contribution in [0.1, 0.15) is 51.4 Å². The normalized spacial score (nSPS) is 20.9. The van der Waals surface area contributed by atoms with Gasteiger partial charge in [-0.15, -0.1) is 0 Å². The van der Waals surface area contributed by atoms with E-state index in [1.165, 1.54) is 42.4 Å². The van der Waals surface area contributed by atoms with Crippen molar-refractivity contribution in [3.63, 3.8) is 0 Å². The lowest BCUT2D eigenvalue weighted by Gasteiger charge is -2.41. The van der Waals surface area contributed by atoms with Gasteiger partial charge in [-0.1, -0.05) is 19.3 Å². The molecule has 1 saturated carbocycles. The van der Waals surface area contributed by atoms with Crippen LogP contribution in [0.3, 0.4) is 0 Å². The Hall–Kier alpha value is -1.65. The maximum Gasteiger partial charge on any atom is 0.253 e. The number of amides is 1. The monoisotopic (exact) mass is 289 g/mol. The van der Waals surface area contributed by atoms with Gasteiger partial charge in [0.25, 0.3) is 5.56 Å². The van der Waals surface area contributed by atoms with E-state index in [1.54, 1.807) is 0 Å². The van der Waals surface area contributed by atoms with Gasteiger partial charge in [-0.25, -0.2) is 4.98 Å².